The largest absolute Gasteiger partial charge is 0.378 e. The van der Waals surface area contributed by atoms with Gasteiger partial charge in [-0.25, -0.2) is 4.52 Å². The van der Waals surface area contributed by atoms with E-state index in [0.29, 0.717) is 12.1 Å². The molecule has 0 aliphatic heterocycles. The van der Waals surface area contributed by atoms with Crippen LogP contribution in [0.3, 0.4) is 0 Å². The number of aromatic nitrogens is 3. The van der Waals surface area contributed by atoms with Gasteiger partial charge in [-0.15, -0.1) is 0 Å². The summed E-state index contributed by atoms with van der Waals surface area (Å²) in [7, 11) is 1.60. The predicted molar refractivity (Wildman–Crippen MR) is 51.3 cm³/mol. The van der Waals surface area contributed by atoms with Gasteiger partial charge in [0.25, 0.3) is 5.56 Å². The molecule has 2 aromatic rings. The second kappa shape index (κ2) is 3.26. The van der Waals surface area contributed by atoms with E-state index in [1.165, 1.54) is 0 Å². The van der Waals surface area contributed by atoms with Crippen LogP contribution in [-0.2, 0) is 11.3 Å². The van der Waals surface area contributed by atoms with Gasteiger partial charge in [0.15, 0.2) is 0 Å². The topological polar surface area (TPSA) is 59.4 Å². The number of aryl methyl sites for hydroxylation is 1. The van der Waals surface area contributed by atoms with E-state index in [1.54, 1.807) is 24.0 Å². The van der Waals surface area contributed by atoms with Crippen LogP contribution in [0.2, 0.25) is 0 Å². The monoisotopic (exact) mass is 193 g/mol. The van der Waals surface area contributed by atoms with Crippen molar-refractivity contribution in [3.05, 3.63) is 34.0 Å². The van der Waals surface area contributed by atoms with E-state index < -0.39 is 0 Å². The standard InChI is InChI=1S/C9H11N3O2/c1-6-7(5-14-2)11-12-4-3-10-9(13)8(6)12/h3-4H,5H2,1-2H3,(H,10,13). The molecule has 74 valence electrons. The van der Waals surface area contributed by atoms with Crippen molar-refractivity contribution in [2.24, 2.45) is 0 Å². The summed E-state index contributed by atoms with van der Waals surface area (Å²) < 4.78 is 6.56. The van der Waals surface area contributed by atoms with E-state index in [2.05, 4.69) is 10.1 Å². The molecule has 0 spiro atoms. The minimum Gasteiger partial charge on any atom is -0.378 e. The van der Waals surface area contributed by atoms with Gasteiger partial charge in [0, 0.05) is 25.1 Å². The molecule has 2 aromatic heterocycles. The molecule has 0 amide bonds. The van der Waals surface area contributed by atoms with Crippen LogP contribution in [-0.4, -0.2) is 21.7 Å². The number of H-pyrrole nitrogens is 1. The molecule has 5 nitrogen and oxygen atoms in total. The molecular weight excluding hydrogens is 182 g/mol. The summed E-state index contributed by atoms with van der Waals surface area (Å²) in [6, 6.07) is 0. The van der Waals surface area contributed by atoms with Crippen molar-refractivity contribution in [2.75, 3.05) is 7.11 Å². The Bertz CT molecular complexity index is 512. The van der Waals surface area contributed by atoms with Gasteiger partial charge < -0.3 is 9.72 Å². The zero-order valence-corrected chi connectivity index (χ0v) is 8.07. The second-order valence-corrected chi connectivity index (χ2v) is 3.09. The summed E-state index contributed by atoms with van der Waals surface area (Å²) in [4.78, 5) is 14.1. The zero-order valence-electron chi connectivity index (χ0n) is 8.07. The molecule has 0 fully saturated rings. The first-order valence-electron chi connectivity index (χ1n) is 4.28. The van der Waals surface area contributed by atoms with Gasteiger partial charge in [0.2, 0.25) is 0 Å². The first kappa shape index (κ1) is 8.96. The van der Waals surface area contributed by atoms with E-state index in [0.717, 1.165) is 11.3 Å². The summed E-state index contributed by atoms with van der Waals surface area (Å²) in [5, 5.41) is 4.23. The highest BCUT2D eigenvalue weighted by Gasteiger charge is 2.10. The van der Waals surface area contributed by atoms with Gasteiger partial charge in [0.1, 0.15) is 5.52 Å². The smallest absolute Gasteiger partial charge is 0.274 e. The molecule has 0 saturated carbocycles. The highest BCUT2D eigenvalue weighted by atomic mass is 16.5. The van der Waals surface area contributed by atoms with Crippen LogP contribution in [0.1, 0.15) is 11.3 Å². The zero-order chi connectivity index (χ0) is 10.1. The second-order valence-electron chi connectivity index (χ2n) is 3.09. The Morgan fingerprint density at radius 3 is 3.07 bits per heavy atom. The van der Waals surface area contributed by atoms with E-state index in [9.17, 15) is 4.79 Å². The van der Waals surface area contributed by atoms with Crippen LogP contribution in [0, 0.1) is 6.92 Å². The molecule has 0 radical (unpaired) electrons. The lowest BCUT2D eigenvalue weighted by Gasteiger charge is -1.92. The predicted octanol–water partition coefficient (Wildman–Crippen LogP) is 0.477. The minimum atomic E-state index is -0.125. The third-order valence-electron chi connectivity index (χ3n) is 2.17. The van der Waals surface area contributed by atoms with Gasteiger partial charge in [-0.05, 0) is 6.92 Å². The highest BCUT2D eigenvalue weighted by molar-refractivity contribution is 5.53. The Kier molecular flexibility index (Phi) is 2.09. The number of rotatable bonds is 2. The SMILES string of the molecule is COCc1nn2cc[nH]c(=O)c2c1C. The number of aromatic amines is 1. The van der Waals surface area contributed by atoms with E-state index in [-0.39, 0.29) is 5.56 Å². The van der Waals surface area contributed by atoms with E-state index in [4.69, 9.17) is 4.74 Å². The molecule has 1 N–H and O–H groups in total. The fourth-order valence-corrected chi connectivity index (χ4v) is 1.47. The maximum atomic E-state index is 11.5. The number of nitrogens with zero attached hydrogens (tertiary/aromatic N) is 2. The maximum Gasteiger partial charge on any atom is 0.274 e. The lowest BCUT2D eigenvalue weighted by atomic mass is 10.2. The minimum absolute atomic E-state index is 0.125. The van der Waals surface area contributed by atoms with Gasteiger partial charge in [0.05, 0.1) is 12.3 Å². The lowest BCUT2D eigenvalue weighted by Crippen LogP contribution is -2.08. The van der Waals surface area contributed by atoms with Crippen molar-refractivity contribution in [3.8, 4) is 0 Å². The number of hydrogen-bond donors (Lipinski definition) is 1. The first-order chi connectivity index (χ1) is 6.74. The van der Waals surface area contributed by atoms with Gasteiger partial charge in [-0.2, -0.15) is 5.10 Å². The normalized spacial score (nSPS) is 11.0. The Morgan fingerprint density at radius 1 is 1.64 bits per heavy atom. The number of nitrogens with one attached hydrogen (secondary N) is 1. The van der Waals surface area contributed by atoms with Crippen molar-refractivity contribution in [2.45, 2.75) is 13.5 Å². The molecular formula is C9H11N3O2. The van der Waals surface area contributed by atoms with Crippen molar-refractivity contribution in [3.63, 3.8) is 0 Å². The number of ether oxygens (including phenoxy) is 1. The molecule has 5 heteroatoms. The van der Waals surface area contributed by atoms with Crippen LogP contribution in [0.25, 0.3) is 5.52 Å². The van der Waals surface area contributed by atoms with Crippen LogP contribution < -0.4 is 5.56 Å². The van der Waals surface area contributed by atoms with Crippen LogP contribution >= 0.6 is 0 Å². The number of hydrogen-bond acceptors (Lipinski definition) is 3. The van der Waals surface area contributed by atoms with Crippen LogP contribution in [0.15, 0.2) is 17.2 Å². The van der Waals surface area contributed by atoms with Crippen molar-refractivity contribution < 1.29 is 4.74 Å². The molecule has 0 saturated heterocycles. The average Bonchev–Trinajstić information content (AvgIpc) is 2.46. The molecule has 0 aliphatic rings. The van der Waals surface area contributed by atoms with E-state index in [1.807, 2.05) is 6.92 Å². The molecule has 0 bridgehead atoms. The first-order valence-corrected chi connectivity index (χ1v) is 4.28. The van der Waals surface area contributed by atoms with Crippen LogP contribution in [0.5, 0.6) is 0 Å². The number of methoxy groups -OCH3 is 1. The summed E-state index contributed by atoms with van der Waals surface area (Å²) in [6.07, 6.45) is 3.28. The quantitative estimate of drug-likeness (QED) is 0.754. The Balaban J connectivity index is 2.74. The average molecular weight is 193 g/mol. The van der Waals surface area contributed by atoms with Crippen molar-refractivity contribution >= 4 is 5.52 Å². The highest BCUT2D eigenvalue weighted by Crippen LogP contribution is 2.10. The summed E-state index contributed by atoms with van der Waals surface area (Å²) in [5.41, 5.74) is 2.12. The van der Waals surface area contributed by atoms with Gasteiger partial charge in [-0.1, -0.05) is 0 Å². The lowest BCUT2D eigenvalue weighted by molar-refractivity contribution is 0.180. The fourth-order valence-electron chi connectivity index (χ4n) is 1.47. The Hall–Kier alpha value is -1.62. The molecule has 0 unspecified atom stereocenters. The molecule has 2 rings (SSSR count). The summed E-state index contributed by atoms with van der Waals surface area (Å²) in [6.45, 7) is 2.29. The molecule has 14 heavy (non-hydrogen) atoms. The summed E-state index contributed by atoms with van der Waals surface area (Å²) in [5.74, 6) is 0. The maximum absolute atomic E-state index is 11.5. The van der Waals surface area contributed by atoms with E-state index >= 15 is 0 Å². The third-order valence-corrected chi connectivity index (χ3v) is 2.17. The Labute approximate surface area is 80.3 Å². The molecule has 2 heterocycles. The van der Waals surface area contributed by atoms with Gasteiger partial charge in [-0.3, -0.25) is 4.79 Å². The molecule has 0 aliphatic carbocycles. The third kappa shape index (κ3) is 1.22. The van der Waals surface area contributed by atoms with Crippen molar-refractivity contribution in [1.82, 2.24) is 14.6 Å². The molecule has 0 aromatic carbocycles. The molecule has 0 atom stereocenters. The fraction of sp³-hybridized carbons (Fsp3) is 0.333. The number of fused-ring (bicyclic) bond motifs is 1. The Morgan fingerprint density at radius 2 is 2.43 bits per heavy atom. The summed E-state index contributed by atoms with van der Waals surface area (Å²) >= 11 is 0. The van der Waals surface area contributed by atoms with Gasteiger partial charge >= 0.3 is 0 Å². The van der Waals surface area contributed by atoms with Crippen molar-refractivity contribution in [1.29, 1.82) is 0 Å². The van der Waals surface area contributed by atoms with Crippen LogP contribution in [0.4, 0.5) is 0 Å².